The van der Waals surface area contributed by atoms with Crippen LogP contribution in [0.1, 0.15) is 12.8 Å². The quantitative estimate of drug-likeness (QED) is 0.722. The Morgan fingerprint density at radius 1 is 1.11 bits per heavy atom. The number of rotatable bonds is 6. The number of halogens is 2. The second-order valence-corrected chi connectivity index (χ2v) is 6.90. The lowest BCUT2D eigenvalue weighted by Crippen LogP contribution is -2.40. The normalized spacial score (nSPS) is 14.8. The molecule has 1 aliphatic rings. The molecule has 1 saturated heterocycles. The Balaban J connectivity index is 0.00000280. The molecule has 1 heterocycles. The lowest BCUT2D eigenvalue weighted by Gasteiger charge is -2.29. The van der Waals surface area contributed by atoms with E-state index < -0.39 is 5.97 Å². The van der Waals surface area contributed by atoms with Crippen LogP contribution in [-0.2, 0) is 9.59 Å². The number of benzene rings is 2. The zero-order chi connectivity index (χ0) is 19.2. The van der Waals surface area contributed by atoms with E-state index in [0.29, 0.717) is 48.1 Å². The van der Waals surface area contributed by atoms with Gasteiger partial charge in [-0.25, -0.2) is 0 Å². The Kier molecular flexibility index (Phi) is 8.11. The lowest BCUT2D eigenvalue weighted by molar-refractivity contribution is -0.143. The van der Waals surface area contributed by atoms with Gasteiger partial charge in [0.05, 0.1) is 17.5 Å². The van der Waals surface area contributed by atoms with Gasteiger partial charge in [-0.15, -0.1) is 12.4 Å². The first-order valence-electron chi connectivity index (χ1n) is 8.79. The molecule has 0 aliphatic carbocycles. The molecule has 150 valence electrons. The summed E-state index contributed by atoms with van der Waals surface area (Å²) in [7, 11) is 0. The molecule has 0 radical (unpaired) electrons. The minimum Gasteiger partial charge on any atom is -0.481 e. The summed E-state index contributed by atoms with van der Waals surface area (Å²) in [4.78, 5) is 25.1. The smallest absolute Gasteiger partial charge is 0.306 e. The fourth-order valence-corrected chi connectivity index (χ4v) is 3.18. The monoisotopic (exact) mass is 424 g/mol. The van der Waals surface area contributed by atoms with Gasteiger partial charge in [0.25, 0.3) is 0 Å². The maximum Gasteiger partial charge on any atom is 0.306 e. The SMILES string of the molecule is Cl.O=C(CN1CCC(C(=O)O)CC1)Nc1ccc(Oc2ccccc2Cl)cc1. The van der Waals surface area contributed by atoms with Gasteiger partial charge in [-0.1, -0.05) is 23.7 Å². The molecule has 8 heteroatoms. The second-order valence-electron chi connectivity index (χ2n) is 6.49. The van der Waals surface area contributed by atoms with Gasteiger partial charge in [-0.2, -0.15) is 0 Å². The average Bonchev–Trinajstić information content (AvgIpc) is 2.65. The summed E-state index contributed by atoms with van der Waals surface area (Å²) in [5.41, 5.74) is 0.673. The average molecular weight is 425 g/mol. The fraction of sp³-hybridized carbons (Fsp3) is 0.300. The number of carboxylic acid groups (broad SMARTS) is 1. The molecule has 0 bridgehead atoms. The number of nitrogens with one attached hydrogen (secondary N) is 1. The van der Waals surface area contributed by atoms with Crippen molar-refractivity contribution in [2.75, 3.05) is 25.0 Å². The molecule has 28 heavy (non-hydrogen) atoms. The van der Waals surface area contributed by atoms with Crippen molar-refractivity contribution in [3.63, 3.8) is 0 Å². The van der Waals surface area contributed by atoms with Crippen LogP contribution in [0.15, 0.2) is 48.5 Å². The highest BCUT2D eigenvalue weighted by Gasteiger charge is 2.25. The lowest BCUT2D eigenvalue weighted by atomic mass is 9.97. The van der Waals surface area contributed by atoms with E-state index in [2.05, 4.69) is 5.32 Å². The Morgan fingerprint density at radius 3 is 2.36 bits per heavy atom. The van der Waals surface area contributed by atoms with Crippen LogP contribution < -0.4 is 10.1 Å². The summed E-state index contributed by atoms with van der Waals surface area (Å²) in [6.07, 6.45) is 1.16. The minimum atomic E-state index is -0.752. The van der Waals surface area contributed by atoms with E-state index in [1.165, 1.54) is 0 Å². The van der Waals surface area contributed by atoms with Crippen molar-refractivity contribution in [2.45, 2.75) is 12.8 Å². The van der Waals surface area contributed by atoms with Gasteiger partial charge in [0.15, 0.2) is 0 Å². The molecule has 2 N–H and O–H groups in total. The molecule has 0 spiro atoms. The van der Waals surface area contributed by atoms with Crippen LogP contribution in [0.5, 0.6) is 11.5 Å². The van der Waals surface area contributed by atoms with E-state index >= 15 is 0 Å². The van der Waals surface area contributed by atoms with Crippen molar-refractivity contribution in [1.29, 1.82) is 0 Å². The molecule has 2 aromatic carbocycles. The number of hydrogen-bond acceptors (Lipinski definition) is 4. The van der Waals surface area contributed by atoms with Gasteiger partial charge in [0, 0.05) is 5.69 Å². The van der Waals surface area contributed by atoms with E-state index in [9.17, 15) is 9.59 Å². The molecule has 0 aromatic heterocycles. The number of aliphatic carboxylic acids is 1. The minimum absolute atomic E-state index is 0. The Morgan fingerprint density at radius 2 is 1.75 bits per heavy atom. The van der Waals surface area contributed by atoms with Crippen molar-refractivity contribution < 1.29 is 19.4 Å². The van der Waals surface area contributed by atoms with E-state index in [4.69, 9.17) is 21.4 Å². The third-order valence-electron chi connectivity index (χ3n) is 4.51. The van der Waals surface area contributed by atoms with Gasteiger partial charge in [-0.3, -0.25) is 14.5 Å². The Bertz CT molecular complexity index is 806. The third kappa shape index (κ3) is 6.12. The van der Waals surface area contributed by atoms with Gasteiger partial charge in [0.2, 0.25) is 5.91 Å². The van der Waals surface area contributed by atoms with E-state index in [1.807, 2.05) is 17.0 Å². The van der Waals surface area contributed by atoms with Crippen LogP contribution in [0, 0.1) is 5.92 Å². The molecule has 6 nitrogen and oxygen atoms in total. The Labute approximate surface area is 174 Å². The van der Waals surface area contributed by atoms with Gasteiger partial charge >= 0.3 is 5.97 Å². The number of amides is 1. The van der Waals surface area contributed by atoms with Gasteiger partial charge < -0.3 is 15.2 Å². The molecule has 1 fully saturated rings. The highest BCUT2D eigenvalue weighted by molar-refractivity contribution is 6.32. The molecular weight excluding hydrogens is 403 g/mol. The molecule has 2 aromatic rings. The topological polar surface area (TPSA) is 78.9 Å². The van der Waals surface area contributed by atoms with Crippen molar-refractivity contribution >= 4 is 41.6 Å². The van der Waals surface area contributed by atoms with Crippen LogP contribution >= 0.6 is 24.0 Å². The first kappa shape index (κ1) is 22.0. The number of hydrogen-bond donors (Lipinski definition) is 2. The van der Waals surface area contributed by atoms with Crippen LogP contribution in [0.25, 0.3) is 0 Å². The number of anilines is 1. The third-order valence-corrected chi connectivity index (χ3v) is 4.82. The molecule has 3 rings (SSSR count). The standard InChI is InChI=1S/C20H21ClN2O4.ClH/c21-17-3-1-2-4-18(17)27-16-7-5-15(6-8-16)22-19(24)13-23-11-9-14(10-12-23)20(25)26;/h1-8,14H,9-13H2,(H,22,24)(H,25,26);1H. The zero-order valence-electron chi connectivity index (χ0n) is 15.1. The van der Waals surface area contributed by atoms with E-state index in [-0.39, 0.29) is 30.8 Å². The number of ether oxygens (including phenoxy) is 1. The number of likely N-dealkylation sites (tertiary alicyclic amines) is 1. The summed E-state index contributed by atoms with van der Waals surface area (Å²) in [5, 5.41) is 12.4. The predicted octanol–water partition coefficient (Wildman–Crippen LogP) is 4.29. The summed E-state index contributed by atoms with van der Waals surface area (Å²) in [6, 6.07) is 14.3. The number of nitrogens with zero attached hydrogens (tertiary/aromatic N) is 1. The van der Waals surface area contributed by atoms with Crippen molar-refractivity contribution in [2.24, 2.45) is 5.92 Å². The maximum atomic E-state index is 12.2. The first-order chi connectivity index (χ1) is 13.0. The molecule has 0 unspecified atom stereocenters. The van der Waals surface area contributed by atoms with Crippen LogP contribution in [0.2, 0.25) is 5.02 Å². The fourth-order valence-electron chi connectivity index (χ4n) is 3.00. The number of piperidine rings is 1. The van der Waals surface area contributed by atoms with Crippen molar-refractivity contribution in [1.82, 2.24) is 4.90 Å². The van der Waals surface area contributed by atoms with Crippen LogP contribution in [-0.4, -0.2) is 41.5 Å². The number of para-hydroxylation sites is 1. The van der Waals surface area contributed by atoms with Crippen LogP contribution in [0.3, 0.4) is 0 Å². The van der Waals surface area contributed by atoms with Crippen molar-refractivity contribution in [3.8, 4) is 11.5 Å². The predicted molar refractivity (Wildman–Crippen MR) is 111 cm³/mol. The van der Waals surface area contributed by atoms with Crippen LogP contribution in [0.4, 0.5) is 5.69 Å². The molecule has 1 amide bonds. The first-order valence-corrected chi connectivity index (χ1v) is 9.16. The highest BCUT2D eigenvalue weighted by Crippen LogP contribution is 2.29. The number of carbonyl (C=O) groups excluding carboxylic acids is 1. The summed E-state index contributed by atoms with van der Waals surface area (Å²) < 4.78 is 5.72. The molecule has 0 atom stereocenters. The summed E-state index contributed by atoms with van der Waals surface area (Å²) in [6.45, 7) is 1.49. The summed E-state index contributed by atoms with van der Waals surface area (Å²) >= 11 is 6.07. The van der Waals surface area contributed by atoms with E-state index in [0.717, 1.165) is 0 Å². The van der Waals surface area contributed by atoms with E-state index in [1.54, 1.807) is 36.4 Å². The maximum absolute atomic E-state index is 12.2. The number of carbonyl (C=O) groups is 2. The number of carboxylic acids is 1. The van der Waals surface area contributed by atoms with Gasteiger partial charge in [-0.05, 0) is 62.3 Å². The summed E-state index contributed by atoms with van der Waals surface area (Å²) in [5.74, 6) is 0.0225. The zero-order valence-corrected chi connectivity index (χ0v) is 16.7. The highest BCUT2D eigenvalue weighted by atomic mass is 35.5. The van der Waals surface area contributed by atoms with Crippen molar-refractivity contribution in [3.05, 3.63) is 53.6 Å². The van der Waals surface area contributed by atoms with Gasteiger partial charge in [0.1, 0.15) is 11.5 Å². The molecule has 0 saturated carbocycles. The largest absolute Gasteiger partial charge is 0.481 e. The second kappa shape index (κ2) is 10.3. The molecule has 1 aliphatic heterocycles. The molecular formula is C20H22Cl2N2O4. The Hall–Kier alpha value is -2.28.